The summed E-state index contributed by atoms with van der Waals surface area (Å²) in [5, 5.41) is 1.20. The number of nitrogens with one attached hydrogen (secondary N) is 1. The van der Waals surface area contributed by atoms with Gasteiger partial charge in [0.15, 0.2) is 0 Å². The van der Waals surface area contributed by atoms with Gasteiger partial charge in [0.1, 0.15) is 12.4 Å². The van der Waals surface area contributed by atoms with Crippen molar-refractivity contribution in [2.24, 2.45) is 0 Å². The maximum Gasteiger partial charge on any atom is 0.129 e. The fourth-order valence-electron chi connectivity index (χ4n) is 2.65. The van der Waals surface area contributed by atoms with Crippen LogP contribution < -0.4 is 4.74 Å². The summed E-state index contributed by atoms with van der Waals surface area (Å²) < 4.78 is 6.08. The van der Waals surface area contributed by atoms with E-state index in [2.05, 4.69) is 41.1 Å². The molecule has 1 aromatic carbocycles. The summed E-state index contributed by atoms with van der Waals surface area (Å²) in [4.78, 5) is 9.72. The summed E-state index contributed by atoms with van der Waals surface area (Å²) in [5.74, 6) is 0.940. The van der Waals surface area contributed by atoms with E-state index < -0.39 is 0 Å². The SMILES string of the molecule is CCN(C)CCc1c[nH]c2cccc(OCc3ccncc3)c12. The van der Waals surface area contributed by atoms with E-state index in [1.54, 1.807) is 12.4 Å². The largest absolute Gasteiger partial charge is 0.488 e. The van der Waals surface area contributed by atoms with E-state index in [0.29, 0.717) is 6.61 Å². The molecule has 4 heteroatoms. The molecule has 0 atom stereocenters. The summed E-state index contributed by atoms with van der Waals surface area (Å²) in [6.45, 7) is 4.84. The van der Waals surface area contributed by atoms with Gasteiger partial charge in [0.2, 0.25) is 0 Å². The lowest BCUT2D eigenvalue weighted by Crippen LogP contribution is -2.20. The van der Waals surface area contributed by atoms with Crippen molar-refractivity contribution in [1.29, 1.82) is 0 Å². The fraction of sp³-hybridized carbons (Fsp3) is 0.316. The van der Waals surface area contributed by atoms with Crippen molar-refractivity contribution < 1.29 is 4.74 Å². The molecule has 0 saturated carbocycles. The maximum atomic E-state index is 6.08. The number of rotatable bonds is 7. The van der Waals surface area contributed by atoms with Crippen molar-refractivity contribution in [3.63, 3.8) is 0 Å². The quantitative estimate of drug-likeness (QED) is 0.724. The highest BCUT2D eigenvalue weighted by molar-refractivity contribution is 5.89. The molecule has 0 aliphatic rings. The number of ether oxygens (including phenoxy) is 1. The first-order chi connectivity index (χ1) is 11.3. The molecule has 0 aliphatic carbocycles. The molecule has 2 heterocycles. The summed E-state index contributed by atoms with van der Waals surface area (Å²) in [6, 6.07) is 10.1. The number of pyridine rings is 1. The smallest absolute Gasteiger partial charge is 0.129 e. The number of aromatic nitrogens is 2. The molecule has 23 heavy (non-hydrogen) atoms. The number of benzene rings is 1. The van der Waals surface area contributed by atoms with Gasteiger partial charge in [-0.3, -0.25) is 4.98 Å². The third-order valence-electron chi connectivity index (χ3n) is 4.20. The Hall–Kier alpha value is -2.33. The zero-order valence-electron chi connectivity index (χ0n) is 13.7. The molecule has 0 spiro atoms. The van der Waals surface area contributed by atoms with E-state index in [1.165, 1.54) is 10.9 Å². The third kappa shape index (κ3) is 3.71. The number of nitrogens with zero attached hydrogens (tertiary/aromatic N) is 2. The van der Waals surface area contributed by atoms with E-state index in [0.717, 1.165) is 36.3 Å². The van der Waals surface area contributed by atoms with E-state index in [9.17, 15) is 0 Å². The second kappa shape index (κ2) is 7.29. The highest BCUT2D eigenvalue weighted by Crippen LogP contribution is 2.29. The Bertz CT molecular complexity index is 752. The average Bonchev–Trinajstić information content (AvgIpc) is 3.02. The second-order valence-corrected chi connectivity index (χ2v) is 5.78. The lowest BCUT2D eigenvalue weighted by molar-refractivity contribution is 0.309. The van der Waals surface area contributed by atoms with Crippen LogP contribution in [-0.2, 0) is 13.0 Å². The van der Waals surface area contributed by atoms with E-state index in [4.69, 9.17) is 4.74 Å². The topological polar surface area (TPSA) is 41.2 Å². The van der Waals surface area contributed by atoms with Crippen molar-refractivity contribution in [3.05, 3.63) is 60.0 Å². The molecule has 1 N–H and O–H groups in total. The van der Waals surface area contributed by atoms with Gasteiger partial charge in [-0.05, 0) is 55.4 Å². The van der Waals surface area contributed by atoms with Crippen LogP contribution in [0, 0.1) is 0 Å². The summed E-state index contributed by atoms with van der Waals surface area (Å²) in [5.41, 5.74) is 3.57. The first kappa shape index (κ1) is 15.6. The van der Waals surface area contributed by atoms with E-state index >= 15 is 0 Å². The molecule has 3 aromatic rings. The van der Waals surface area contributed by atoms with Crippen LogP contribution in [0.25, 0.3) is 10.9 Å². The minimum absolute atomic E-state index is 0.557. The molecule has 2 aromatic heterocycles. The van der Waals surface area contributed by atoms with Crippen molar-refractivity contribution in [2.45, 2.75) is 20.0 Å². The molecule has 4 nitrogen and oxygen atoms in total. The average molecular weight is 309 g/mol. The number of likely N-dealkylation sites (N-methyl/N-ethyl adjacent to an activating group) is 1. The Kier molecular flexibility index (Phi) is 4.93. The Morgan fingerprint density at radius 1 is 1.17 bits per heavy atom. The van der Waals surface area contributed by atoms with Gasteiger partial charge in [-0.1, -0.05) is 13.0 Å². The van der Waals surface area contributed by atoms with Gasteiger partial charge in [-0.15, -0.1) is 0 Å². The molecule has 0 amide bonds. The highest BCUT2D eigenvalue weighted by Gasteiger charge is 2.10. The first-order valence-electron chi connectivity index (χ1n) is 8.07. The molecule has 0 aliphatic heterocycles. The minimum atomic E-state index is 0.557. The van der Waals surface area contributed by atoms with Crippen molar-refractivity contribution in [2.75, 3.05) is 20.1 Å². The van der Waals surface area contributed by atoms with Crippen LogP contribution in [0.4, 0.5) is 0 Å². The Labute approximate surface area is 137 Å². The van der Waals surface area contributed by atoms with E-state index in [1.807, 2.05) is 24.3 Å². The molecular weight excluding hydrogens is 286 g/mol. The van der Waals surface area contributed by atoms with Gasteiger partial charge >= 0.3 is 0 Å². The zero-order chi connectivity index (χ0) is 16.1. The standard InChI is InChI=1S/C19H23N3O/c1-3-22(2)12-9-16-13-21-17-5-4-6-18(19(16)17)23-14-15-7-10-20-11-8-15/h4-8,10-11,13,21H,3,9,12,14H2,1-2H3. The van der Waals surface area contributed by atoms with Gasteiger partial charge in [-0.2, -0.15) is 0 Å². The fourth-order valence-corrected chi connectivity index (χ4v) is 2.65. The predicted octanol–water partition coefficient (Wildman–Crippen LogP) is 3.64. The number of H-pyrrole nitrogens is 1. The third-order valence-corrected chi connectivity index (χ3v) is 4.20. The van der Waals surface area contributed by atoms with Crippen LogP contribution in [-0.4, -0.2) is 35.0 Å². The van der Waals surface area contributed by atoms with Gasteiger partial charge in [0, 0.05) is 36.0 Å². The molecule has 0 bridgehead atoms. The first-order valence-corrected chi connectivity index (χ1v) is 8.07. The lowest BCUT2D eigenvalue weighted by Gasteiger charge is -2.14. The van der Waals surface area contributed by atoms with E-state index in [-0.39, 0.29) is 0 Å². The monoisotopic (exact) mass is 309 g/mol. The number of fused-ring (bicyclic) bond motifs is 1. The highest BCUT2D eigenvalue weighted by atomic mass is 16.5. The molecule has 120 valence electrons. The van der Waals surface area contributed by atoms with Gasteiger partial charge in [-0.25, -0.2) is 0 Å². The zero-order valence-corrected chi connectivity index (χ0v) is 13.7. The summed E-state index contributed by atoms with van der Waals surface area (Å²) in [6.07, 6.45) is 6.70. The van der Waals surface area contributed by atoms with Gasteiger partial charge < -0.3 is 14.6 Å². The Balaban J connectivity index is 1.80. The lowest BCUT2D eigenvalue weighted by atomic mass is 10.1. The molecule has 0 unspecified atom stereocenters. The van der Waals surface area contributed by atoms with Crippen LogP contribution in [0.2, 0.25) is 0 Å². The maximum absolute atomic E-state index is 6.08. The molecule has 0 radical (unpaired) electrons. The number of hydrogen-bond donors (Lipinski definition) is 1. The Morgan fingerprint density at radius 3 is 2.78 bits per heavy atom. The van der Waals surface area contributed by atoms with Gasteiger partial charge in [0.25, 0.3) is 0 Å². The molecular formula is C19H23N3O. The molecule has 0 fully saturated rings. The predicted molar refractivity (Wildman–Crippen MR) is 93.7 cm³/mol. The normalized spacial score (nSPS) is 11.3. The van der Waals surface area contributed by atoms with Crippen LogP contribution in [0.1, 0.15) is 18.1 Å². The number of hydrogen-bond acceptors (Lipinski definition) is 3. The summed E-state index contributed by atoms with van der Waals surface area (Å²) >= 11 is 0. The second-order valence-electron chi connectivity index (χ2n) is 5.78. The van der Waals surface area contributed by atoms with Crippen molar-refractivity contribution in [1.82, 2.24) is 14.9 Å². The van der Waals surface area contributed by atoms with Crippen molar-refractivity contribution >= 4 is 10.9 Å². The van der Waals surface area contributed by atoms with Crippen LogP contribution in [0.5, 0.6) is 5.75 Å². The van der Waals surface area contributed by atoms with Crippen molar-refractivity contribution in [3.8, 4) is 5.75 Å². The van der Waals surface area contributed by atoms with Crippen LogP contribution in [0.15, 0.2) is 48.9 Å². The van der Waals surface area contributed by atoms with Crippen LogP contribution in [0.3, 0.4) is 0 Å². The summed E-state index contributed by atoms with van der Waals surface area (Å²) in [7, 11) is 2.15. The Morgan fingerprint density at radius 2 is 2.00 bits per heavy atom. The van der Waals surface area contributed by atoms with Crippen LogP contribution >= 0.6 is 0 Å². The minimum Gasteiger partial charge on any atom is -0.488 e. The molecule has 3 rings (SSSR count). The number of aromatic amines is 1. The molecule has 0 saturated heterocycles. The van der Waals surface area contributed by atoms with Gasteiger partial charge in [0.05, 0.1) is 0 Å².